The Morgan fingerprint density at radius 2 is 0.602 bits per heavy atom. The first kappa shape index (κ1) is 92.8. The molecule has 5 heterocycles. The lowest BCUT2D eigenvalue weighted by molar-refractivity contribution is -0.633. The number of aryl methyl sites for hydroxylation is 15. The molecule has 0 radical (unpaired) electrons. The van der Waals surface area contributed by atoms with Crippen molar-refractivity contribution < 1.29 is 36.0 Å². The number of fused-ring (bicyclic) bond motifs is 5. The molecule has 0 spiro atoms. The Balaban J connectivity index is 0.000000150. The second-order valence-electron chi connectivity index (χ2n) is 37.7. The van der Waals surface area contributed by atoms with Gasteiger partial charge in [-0.05, 0) is 277 Å². The summed E-state index contributed by atoms with van der Waals surface area (Å²) in [5.74, 6) is 1.91. The Kier molecular flexibility index (Phi) is 29.3. The summed E-state index contributed by atoms with van der Waals surface area (Å²) in [7, 11) is 10.6. The van der Waals surface area contributed by atoms with E-state index < -0.39 is 0 Å². The largest absolute Gasteiger partial charge is 0.213 e. The first-order chi connectivity index (χ1) is 58.1. The van der Waals surface area contributed by atoms with Gasteiger partial charge in [0.15, 0.2) is 0 Å². The molecule has 0 atom stereocenters. The van der Waals surface area contributed by atoms with E-state index in [1.54, 1.807) is 6.07 Å². The molecule has 0 saturated heterocycles. The van der Waals surface area contributed by atoms with Crippen LogP contribution in [-0.2, 0) is 48.1 Å². The lowest BCUT2D eigenvalue weighted by Gasteiger charge is -2.17. The summed E-state index contributed by atoms with van der Waals surface area (Å²) in [6, 6.07) is 71.7. The molecule has 0 aliphatic rings. The number of nitrogens with zero attached hydrogens (tertiary/aromatic N) is 5. The zero-order valence-electron chi connectivity index (χ0n) is 79.9. The average Bonchev–Trinajstić information content (AvgIpc) is 0.750. The van der Waals surface area contributed by atoms with Gasteiger partial charge < -0.3 is 0 Å². The summed E-state index contributed by atoms with van der Waals surface area (Å²) < 4.78 is 56.0. The van der Waals surface area contributed by atoms with Crippen LogP contribution in [0.2, 0.25) is 0 Å². The molecule has 10 aromatic carbocycles. The Morgan fingerprint density at radius 1 is 0.260 bits per heavy atom. The molecule has 0 amide bonds. The van der Waals surface area contributed by atoms with Crippen LogP contribution in [-0.4, -0.2) is 0 Å². The second kappa shape index (κ2) is 38.8. The third kappa shape index (κ3) is 20.1. The zero-order chi connectivity index (χ0) is 89.9. The lowest BCUT2D eigenvalue weighted by atomic mass is 9.90. The van der Waals surface area contributed by atoms with Crippen LogP contribution in [0, 0.1) is 112 Å². The van der Waals surface area contributed by atoms with Crippen molar-refractivity contribution in [1.29, 1.82) is 0 Å². The predicted octanol–water partition coefficient (Wildman–Crippen LogP) is 28.8. The molecule has 123 heavy (non-hydrogen) atoms. The van der Waals surface area contributed by atoms with Crippen LogP contribution in [0.15, 0.2) is 200 Å². The van der Waals surface area contributed by atoms with E-state index in [4.69, 9.17) is 0 Å². The van der Waals surface area contributed by atoms with Gasteiger partial charge in [-0.1, -0.05) is 191 Å². The number of pyridine rings is 5. The van der Waals surface area contributed by atoms with Gasteiger partial charge in [-0.2, -0.15) is 22.8 Å². The average molecular weight is 1650 g/mol. The van der Waals surface area contributed by atoms with Gasteiger partial charge in [0.25, 0.3) is 0 Å². The Labute approximate surface area is 735 Å². The topological polar surface area (TPSA) is 19.4 Å². The molecule has 15 aromatic rings. The van der Waals surface area contributed by atoms with Crippen molar-refractivity contribution in [3.05, 3.63) is 323 Å². The fraction of sp³-hybridized carbons (Fsp3) is 0.348. The molecule has 8 heteroatoms. The third-order valence-corrected chi connectivity index (χ3v) is 25.3. The van der Waals surface area contributed by atoms with Gasteiger partial charge in [0.2, 0.25) is 56.1 Å². The molecular weight excluding hydrogens is 1510 g/mol. The molecule has 0 fully saturated rings. The quantitative estimate of drug-likeness (QED) is 0.0967. The van der Waals surface area contributed by atoms with Crippen LogP contribution in [0.1, 0.15) is 232 Å². The van der Waals surface area contributed by atoms with Crippen molar-refractivity contribution in [3.8, 4) is 56.3 Å². The molecule has 5 aromatic heterocycles. The molecule has 0 unspecified atom stereocenters. The van der Waals surface area contributed by atoms with Crippen molar-refractivity contribution in [2.45, 2.75) is 222 Å². The van der Waals surface area contributed by atoms with Crippen molar-refractivity contribution in [3.63, 3.8) is 0 Å². The first-order valence-corrected chi connectivity index (χ1v) is 44.7. The van der Waals surface area contributed by atoms with Crippen molar-refractivity contribution in [2.75, 3.05) is 0 Å². The molecule has 0 N–H and O–H groups in total. The van der Waals surface area contributed by atoms with E-state index in [0.29, 0.717) is 11.8 Å². The normalized spacial score (nSPS) is 11.6. The fourth-order valence-electron chi connectivity index (χ4n) is 18.1. The highest BCUT2D eigenvalue weighted by molar-refractivity contribution is 5.87. The van der Waals surface area contributed by atoms with E-state index in [9.17, 15) is 4.39 Å². The van der Waals surface area contributed by atoms with Gasteiger partial charge in [-0.15, -0.1) is 0 Å². The summed E-state index contributed by atoms with van der Waals surface area (Å²) in [5, 5.41) is 5.63. The molecular formula is C115H137F3N5+5. The van der Waals surface area contributed by atoms with Gasteiger partial charge in [-0.25, -0.2) is 13.2 Å². The number of hydrogen-bond acceptors (Lipinski definition) is 0. The highest BCUT2D eigenvalue weighted by Gasteiger charge is 2.29. The van der Waals surface area contributed by atoms with E-state index in [2.05, 4.69) is 394 Å². The Bertz CT molecular complexity index is 6420. The number of halogens is 3. The third-order valence-electron chi connectivity index (χ3n) is 25.3. The highest BCUT2D eigenvalue weighted by Crippen LogP contribution is 2.39. The minimum absolute atomic E-state index is 0.0390. The lowest BCUT2D eigenvalue weighted by Crippen LogP contribution is -2.33. The van der Waals surface area contributed by atoms with E-state index in [-0.39, 0.29) is 47.0 Å². The fourth-order valence-corrected chi connectivity index (χ4v) is 18.1. The second-order valence-corrected chi connectivity index (χ2v) is 37.7. The standard InChI is InChI=1S/C25H31FN.C24H29FN.C22H25FN.2C22H26N/c1-14(2)20-13-23-19(24(15(3)4)25(20)26)9-10-22(27(23)8)21-12-16(5)11-17(6)18(21)7;1-14(2)19-13-22-18(23(15(3)4)24(19)25)10-11-21(26(22)7)20-12-16(5)8-9-17(20)6;1-13(2)18-12-22-17(11-20(18)23)7-8-21(24(22)6)19-10-14(3)9-15(4)16(19)5;1-15(2)12-18-8-9-19-10-11-21(23(5)22(19)14-18)20-13-16(3)6-7-17(20)4;1-15(2)13-18-7-6-8-21-19(18)11-12-22(23(21)5)20-14-16(3)9-10-17(20)4/h9-15H,1-8H3;8-15H,1-7H3;7-13H,1-6H3;6-11,13-15H,12H2,1-5H3;6-12,14-15H,13H2,1-5H3/q5*+1. The van der Waals surface area contributed by atoms with Crippen molar-refractivity contribution in [1.82, 2.24) is 0 Å². The first-order valence-electron chi connectivity index (χ1n) is 44.7. The SMILES string of the molecule is Cc1cc(C)c(C)c(-c2ccc3c(C(C)C)c(F)c(C(C)C)cc3[n+]2C)c1.Cc1cc(C)c(C)c(-c2ccc3cc(F)c(C(C)C)cc3[n+]2C)c1.Cc1ccc(C)c(-c2ccc3c(C(C)C)c(F)c(C(C)C)cc3[n+]2C)c1.Cc1ccc(C)c(-c2ccc3c(CC(C)C)cccc3[n+]2C)c1.Cc1ccc(C)c(-c2ccc3ccc(CC(C)C)cc3[n+]2C)c1. The number of aromatic nitrogens is 5. The van der Waals surface area contributed by atoms with Crippen LogP contribution in [0.25, 0.3) is 111 Å². The van der Waals surface area contributed by atoms with Crippen LogP contribution in [0.3, 0.4) is 0 Å². The Morgan fingerprint density at radius 3 is 1.00 bits per heavy atom. The summed E-state index contributed by atoms with van der Waals surface area (Å²) in [6.45, 7) is 55.6. The van der Waals surface area contributed by atoms with Gasteiger partial charge in [-0.3, -0.25) is 0 Å². The smallest absolute Gasteiger partial charge is 0.207 e. The van der Waals surface area contributed by atoms with E-state index >= 15 is 8.78 Å². The number of hydrogen-bond donors (Lipinski definition) is 0. The molecule has 5 nitrogen and oxygen atoms in total. The van der Waals surface area contributed by atoms with E-state index in [1.807, 2.05) is 38.1 Å². The zero-order valence-corrected chi connectivity index (χ0v) is 79.9. The Hall–Kier alpha value is -11.0. The number of benzene rings is 10. The van der Waals surface area contributed by atoms with Crippen LogP contribution < -0.4 is 22.8 Å². The maximum atomic E-state index is 15.2. The summed E-state index contributed by atoms with van der Waals surface area (Å²) in [5.41, 5.74) is 40.6. The molecule has 0 aliphatic heterocycles. The summed E-state index contributed by atoms with van der Waals surface area (Å²) >= 11 is 0. The van der Waals surface area contributed by atoms with E-state index in [0.717, 1.165) is 84.8 Å². The summed E-state index contributed by atoms with van der Waals surface area (Å²) in [4.78, 5) is 0. The monoisotopic (exact) mass is 1650 g/mol. The maximum Gasteiger partial charge on any atom is 0.213 e. The van der Waals surface area contributed by atoms with Gasteiger partial charge >= 0.3 is 0 Å². The van der Waals surface area contributed by atoms with Crippen molar-refractivity contribution >= 4 is 54.5 Å². The predicted molar refractivity (Wildman–Crippen MR) is 517 cm³/mol. The molecule has 0 aliphatic carbocycles. The molecule has 0 saturated carbocycles. The van der Waals surface area contributed by atoms with E-state index in [1.165, 1.54) is 145 Å². The number of rotatable bonds is 14. The minimum Gasteiger partial charge on any atom is -0.207 e. The highest BCUT2D eigenvalue weighted by atomic mass is 19.1. The molecule has 15 rings (SSSR count). The van der Waals surface area contributed by atoms with Gasteiger partial charge in [0.05, 0.1) is 10.8 Å². The van der Waals surface area contributed by atoms with Crippen LogP contribution in [0.4, 0.5) is 13.2 Å². The van der Waals surface area contributed by atoms with Gasteiger partial charge in [0, 0.05) is 116 Å². The van der Waals surface area contributed by atoms with Crippen LogP contribution in [0.5, 0.6) is 0 Å². The van der Waals surface area contributed by atoms with Crippen LogP contribution >= 0.6 is 0 Å². The molecule has 638 valence electrons. The summed E-state index contributed by atoms with van der Waals surface area (Å²) in [6.07, 6.45) is 2.25. The van der Waals surface area contributed by atoms with Gasteiger partial charge in [0.1, 0.15) is 52.7 Å². The maximum absolute atomic E-state index is 15.2. The molecule has 0 bridgehead atoms. The van der Waals surface area contributed by atoms with Crippen molar-refractivity contribution in [2.24, 2.45) is 47.1 Å². The minimum atomic E-state index is -0.118.